The van der Waals surface area contributed by atoms with E-state index in [1.54, 1.807) is 0 Å². The van der Waals surface area contributed by atoms with E-state index < -0.39 is 49.6 Å². The summed E-state index contributed by atoms with van der Waals surface area (Å²) in [6.45, 7) is 0. The molecule has 0 saturated heterocycles. The molecule has 0 unspecified atom stereocenters. The van der Waals surface area contributed by atoms with Gasteiger partial charge in [0.1, 0.15) is 0 Å². The van der Waals surface area contributed by atoms with Crippen molar-refractivity contribution < 1.29 is 35.1 Å². The number of hydrogen-bond acceptors (Lipinski definition) is 4. The Bertz CT molecular complexity index is 605. The van der Waals surface area contributed by atoms with Gasteiger partial charge in [-0.05, 0) is 5.56 Å². The lowest BCUT2D eigenvalue weighted by atomic mass is 10.1. The minimum atomic E-state index is -5.41. The third-order valence-electron chi connectivity index (χ3n) is 1.93. The number of alkyl halides is 6. The second kappa shape index (κ2) is 5.86. The minimum Gasteiger partial charge on any atom is -0.402 e. The third-order valence-corrected chi connectivity index (χ3v) is 3.41. The van der Waals surface area contributed by atoms with Gasteiger partial charge in [-0.3, -0.25) is 0 Å². The summed E-state index contributed by atoms with van der Waals surface area (Å²) >= 11 is 5.29. The lowest BCUT2D eigenvalue weighted by Gasteiger charge is -2.16. The average Bonchev–Trinajstić information content (AvgIpc) is 2.23. The first-order valence-corrected chi connectivity index (χ1v) is 7.38. The summed E-state index contributed by atoms with van der Waals surface area (Å²) in [6.07, 6.45) is -8.29. The number of rotatable bonds is 4. The highest BCUT2D eigenvalue weighted by Crippen LogP contribution is 2.40. The van der Waals surface area contributed by atoms with E-state index in [1.165, 1.54) is 0 Å². The molecular weight excluding hydrogens is 356 g/mol. The van der Waals surface area contributed by atoms with Gasteiger partial charge in [0, 0.05) is 22.8 Å². The highest BCUT2D eigenvalue weighted by atomic mass is 35.7. The van der Waals surface area contributed by atoms with Crippen molar-refractivity contribution in [2.24, 2.45) is 0 Å². The second-order valence-electron chi connectivity index (χ2n) is 3.25. The van der Waals surface area contributed by atoms with Gasteiger partial charge in [0.05, 0.1) is 5.56 Å². The van der Waals surface area contributed by atoms with E-state index in [1.807, 2.05) is 0 Å². The number of ether oxygens (including phenoxy) is 1. The van der Waals surface area contributed by atoms with Gasteiger partial charge in [-0.15, -0.1) is 24.8 Å². The average molecular weight is 360 g/mol. The van der Waals surface area contributed by atoms with Crippen molar-refractivity contribution in [2.45, 2.75) is 23.7 Å². The Kier molecular flexibility index (Phi) is 5.03. The van der Waals surface area contributed by atoms with Crippen molar-refractivity contribution in [1.82, 2.24) is 4.98 Å². The van der Waals surface area contributed by atoms with E-state index in [-0.39, 0.29) is 0 Å². The number of aromatic nitrogens is 1. The molecule has 4 nitrogen and oxygen atoms in total. The molecule has 0 spiro atoms. The van der Waals surface area contributed by atoms with Crippen LogP contribution in [0.3, 0.4) is 0 Å². The molecule has 0 saturated carbocycles. The molecule has 0 N–H and O–H groups in total. The first-order chi connectivity index (χ1) is 8.97. The first-order valence-electron chi connectivity index (χ1n) is 4.53. The molecule has 0 aromatic carbocycles. The molecule has 0 aliphatic rings. The quantitative estimate of drug-likeness (QED) is 0.468. The summed E-state index contributed by atoms with van der Waals surface area (Å²) < 4.78 is 87.9. The topological polar surface area (TPSA) is 56.3 Å². The SMILES string of the molecule is O=S(=O)(Cl)c1ncc(CCl)c(C(F)F)c1OC(F)(F)F. The van der Waals surface area contributed by atoms with Crippen LogP contribution in [-0.2, 0) is 14.9 Å². The van der Waals surface area contributed by atoms with Crippen molar-refractivity contribution in [3.63, 3.8) is 0 Å². The van der Waals surface area contributed by atoms with Gasteiger partial charge in [0.2, 0.25) is 5.03 Å². The van der Waals surface area contributed by atoms with E-state index in [9.17, 15) is 30.4 Å². The van der Waals surface area contributed by atoms with Crippen molar-refractivity contribution in [3.05, 3.63) is 17.3 Å². The molecule has 0 amide bonds. The molecule has 0 aliphatic carbocycles. The van der Waals surface area contributed by atoms with E-state index in [0.29, 0.717) is 6.20 Å². The molecule has 1 aromatic rings. The summed E-state index contributed by atoms with van der Waals surface area (Å²) in [5.74, 6) is -2.30. The summed E-state index contributed by atoms with van der Waals surface area (Å²) in [6, 6.07) is 0. The summed E-state index contributed by atoms with van der Waals surface area (Å²) in [7, 11) is 0.0221. The molecule has 0 radical (unpaired) electrons. The number of hydrogen-bond donors (Lipinski definition) is 0. The summed E-state index contributed by atoms with van der Waals surface area (Å²) in [5, 5.41) is -1.46. The molecule has 1 aromatic heterocycles. The Labute approximate surface area is 118 Å². The molecule has 0 fully saturated rings. The van der Waals surface area contributed by atoms with Gasteiger partial charge in [0.15, 0.2) is 5.75 Å². The normalized spacial score (nSPS) is 12.8. The Morgan fingerprint density at radius 3 is 2.25 bits per heavy atom. The van der Waals surface area contributed by atoms with Crippen LogP contribution in [0.1, 0.15) is 17.6 Å². The first kappa shape index (κ1) is 17.2. The van der Waals surface area contributed by atoms with Gasteiger partial charge in [-0.1, -0.05) is 0 Å². The highest BCUT2D eigenvalue weighted by molar-refractivity contribution is 8.13. The van der Waals surface area contributed by atoms with Crippen LogP contribution < -0.4 is 4.74 Å². The van der Waals surface area contributed by atoms with Crippen LogP contribution in [0.5, 0.6) is 5.75 Å². The Balaban J connectivity index is 3.68. The maximum absolute atomic E-state index is 12.8. The molecule has 12 heteroatoms. The Morgan fingerprint density at radius 2 is 1.90 bits per heavy atom. The second-order valence-corrected chi connectivity index (χ2v) is 6.00. The third kappa shape index (κ3) is 4.06. The molecule has 1 rings (SSSR count). The standard InChI is InChI=1S/C8H4Cl2F5NO3S/c9-1-3-2-16-7(20(10,17)18)5(4(3)6(11)12)19-8(13,14)15/h2,6H,1H2. The fourth-order valence-electron chi connectivity index (χ4n) is 1.26. The van der Waals surface area contributed by atoms with E-state index >= 15 is 0 Å². The van der Waals surface area contributed by atoms with Gasteiger partial charge >= 0.3 is 6.36 Å². The van der Waals surface area contributed by atoms with Crippen LogP contribution in [-0.4, -0.2) is 19.8 Å². The minimum absolute atomic E-state index is 0.509. The molecule has 20 heavy (non-hydrogen) atoms. The lowest BCUT2D eigenvalue weighted by Crippen LogP contribution is -2.21. The molecule has 1 heterocycles. The lowest BCUT2D eigenvalue weighted by molar-refractivity contribution is -0.276. The van der Waals surface area contributed by atoms with E-state index in [4.69, 9.17) is 22.3 Å². The van der Waals surface area contributed by atoms with Crippen molar-refractivity contribution >= 4 is 31.3 Å². The molecule has 0 aliphatic heterocycles. The van der Waals surface area contributed by atoms with Crippen LogP contribution in [0, 0.1) is 0 Å². The summed E-state index contributed by atoms with van der Waals surface area (Å²) in [5.41, 5.74) is -1.84. The van der Waals surface area contributed by atoms with Crippen LogP contribution in [0.25, 0.3) is 0 Å². The van der Waals surface area contributed by atoms with Gasteiger partial charge in [-0.25, -0.2) is 22.2 Å². The van der Waals surface area contributed by atoms with Crippen molar-refractivity contribution in [1.29, 1.82) is 0 Å². The largest absolute Gasteiger partial charge is 0.573 e. The highest BCUT2D eigenvalue weighted by Gasteiger charge is 2.38. The fraction of sp³-hybridized carbons (Fsp3) is 0.375. The van der Waals surface area contributed by atoms with Crippen LogP contribution >= 0.6 is 22.3 Å². The van der Waals surface area contributed by atoms with E-state index in [0.717, 1.165) is 0 Å². The maximum atomic E-state index is 12.8. The molecule has 0 bridgehead atoms. The van der Waals surface area contributed by atoms with Crippen LogP contribution in [0.2, 0.25) is 0 Å². The molecule has 114 valence electrons. The van der Waals surface area contributed by atoms with Gasteiger partial charge in [0.25, 0.3) is 15.5 Å². The maximum Gasteiger partial charge on any atom is 0.573 e. The van der Waals surface area contributed by atoms with Crippen LogP contribution in [0.4, 0.5) is 22.0 Å². The number of pyridine rings is 1. The predicted molar refractivity (Wildman–Crippen MR) is 58.5 cm³/mol. The zero-order valence-electron chi connectivity index (χ0n) is 9.09. The summed E-state index contributed by atoms with van der Waals surface area (Å²) in [4.78, 5) is 3.09. The molecular formula is C8H4Cl2F5NO3S. The molecule has 0 atom stereocenters. The van der Waals surface area contributed by atoms with Crippen LogP contribution in [0.15, 0.2) is 11.2 Å². The number of halogens is 7. The van der Waals surface area contributed by atoms with Gasteiger partial charge in [-0.2, -0.15) is 0 Å². The Hall–Kier alpha value is -0.870. The smallest absolute Gasteiger partial charge is 0.402 e. The zero-order valence-corrected chi connectivity index (χ0v) is 11.4. The van der Waals surface area contributed by atoms with Crippen molar-refractivity contribution in [3.8, 4) is 5.75 Å². The zero-order chi connectivity index (χ0) is 15.7. The van der Waals surface area contributed by atoms with Crippen molar-refractivity contribution in [2.75, 3.05) is 0 Å². The predicted octanol–water partition coefficient (Wildman–Crippen LogP) is 3.58. The number of nitrogens with zero attached hydrogens (tertiary/aromatic N) is 1. The van der Waals surface area contributed by atoms with E-state index in [2.05, 4.69) is 9.72 Å². The van der Waals surface area contributed by atoms with Gasteiger partial charge < -0.3 is 4.74 Å². The fourth-order valence-corrected chi connectivity index (χ4v) is 2.35. The monoisotopic (exact) mass is 359 g/mol. The Morgan fingerprint density at radius 1 is 1.35 bits per heavy atom.